The predicted octanol–water partition coefficient (Wildman–Crippen LogP) is 3.91. The van der Waals surface area contributed by atoms with Crippen molar-refractivity contribution in [2.75, 3.05) is 23.9 Å². The largest absolute Gasteiger partial charge is 0.351 e. The third-order valence-corrected chi connectivity index (χ3v) is 7.57. The second-order valence-corrected chi connectivity index (χ2v) is 11.1. The van der Waals surface area contributed by atoms with Crippen LogP contribution in [-0.2, 0) is 19.8 Å². The first-order valence-corrected chi connectivity index (χ1v) is 14.1. The number of halogens is 5. The minimum Gasteiger partial charge on any atom is -0.351 e. The highest BCUT2D eigenvalue weighted by Gasteiger charge is 2.39. The minimum atomic E-state index is -4.12. The Bertz CT molecular complexity index is 1240. The molecule has 0 radical (unpaired) electrons. The number of hydrogen-bond acceptors (Lipinski definition) is 4. The van der Waals surface area contributed by atoms with Crippen molar-refractivity contribution >= 4 is 50.9 Å². The van der Waals surface area contributed by atoms with Crippen LogP contribution in [0.4, 0.5) is 18.9 Å². The van der Waals surface area contributed by atoms with Crippen molar-refractivity contribution in [3.05, 3.63) is 64.9 Å². The molecule has 0 aromatic heterocycles. The summed E-state index contributed by atoms with van der Waals surface area (Å²) in [5.41, 5.74) is 0.131. The Balaban J connectivity index is 1.99. The van der Waals surface area contributed by atoms with Gasteiger partial charge in [-0.3, -0.25) is 14.5 Å². The summed E-state index contributed by atoms with van der Waals surface area (Å²) in [7, 11) is -4.12. The van der Waals surface area contributed by atoms with Gasteiger partial charge in [-0.15, -0.1) is 11.6 Å². The number of carbonyl (C=O) groups excluding carboxylic acids is 2. The Hall–Kier alpha value is -2.38. The summed E-state index contributed by atoms with van der Waals surface area (Å²) >= 11 is 11.9. The molecule has 0 spiro atoms. The van der Waals surface area contributed by atoms with E-state index in [1.807, 2.05) is 0 Å². The average Bonchev–Trinajstić information content (AvgIpc) is 2.86. The van der Waals surface area contributed by atoms with E-state index in [-0.39, 0.29) is 41.5 Å². The van der Waals surface area contributed by atoms with Crippen LogP contribution in [0.5, 0.6) is 0 Å². The quantitative estimate of drug-likeness (QED) is 0.343. The summed E-state index contributed by atoms with van der Waals surface area (Å²) in [6.45, 7) is -0.887. The maximum atomic E-state index is 14.2. The number of hydrogen-bond donors (Lipinski definition) is 3. The van der Waals surface area contributed by atoms with Gasteiger partial charge in [0, 0.05) is 47.6 Å². The van der Waals surface area contributed by atoms with Gasteiger partial charge in [0.05, 0.1) is 6.54 Å². The molecule has 14 heteroatoms. The molecule has 1 aliphatic carbocycles. The lowest BCUT2D eigenvalue weighted by Crippen LogP contribution is -2.51. The van der Waals surface area contributed by atoms with Crippen LogP contribution in [-0.4, -0.2) is 51.2 Å². The third kappa shape index (κ3) is 8.31. The molecule has 2 aromatic carbocycles. The zero-order valence-electron chi connectivity index (χ0n) is 20.1. The second-order valence-electron chi connectivity index (χ2n) is 8.71. The maximum Gasteiger partial charge on any atom is 0.277 e. The molecule has 1 fully saturated rings. The highest BCUT2D eigenvalue weighted by Crippen LogP contribution is 2.35. The van der Waals surface area contributed by atoms with E-state index in [0.717, 1.165) is 17.0 Å². The average molecular weight is 595 g/mol. The number of anilines is 1. The molecule has 3 N–H and O–H groups in total. The highest BCUT2D eigenvalue weighted by molar-refractivity contribution is 7.87. The molecule has 0 aliphatic heterocycles. The zero-order valence-corrected chi connectivity index (χ0v) is 22.4. The van der Waals surface area contributed by atoms with Crippen molar-refractivity contribution in [1.82, 2.24) is 14.8 Å². The van der Waals surface area contributed by atoms with Crippen LogP contribution in [0, 0.1) is 5.82 Å². The predicted molar refractivity (Wildman–Crippen MR) is 139 cm³/mol. The second kappa shape index (κ2) is 13.1. The van der Waals surface area contributed by atoms with Gasteiger partial charge in [0.25, 0.3) is 10.2 Å². The van der Waals surface area contributed by atoms with Gasteiger partial charge in [0.2, 0.25) is 17.7 Å². The summed E-state index contributed by atoms with van der Waals surface area (Å²) in [5.74, 6) is -5.18. The standard InChI is InChI=1S/C24H27Cl2F3N4O4S/c25-12-13-30-38(36,37)31-15-21(34)33(18-5-3-4-16(27)14-18)22(19-6-1-2-7-20(19)26)23(35)32-17-8-10-24(28,29)11-9-17/h1-7,14,17,22,30-31H,8-13,15H2,(H,32,35). The van der Waals surface area contributed by atoms with E-state index < -0.39 is 65.2 Å². The van der Waals surface area contributed by atoms with Crippen LogP contribution in [0.15, 0.2) is 48.5 Å². The topological polar surface area (TPSA) is 108 Å². The van der Waals surface area contributed by atoms with Gasteiger partial charge in [-0.2, -0.15) is 13.1 Å². The van der Waals surface area contributed by atoms with Crippen molar-refractivity contribution in [3.63, 3.8) is 0 Å². The lowest BCUT2D eigenvalue weighted by Gasteiger charge is -2.35. The van der Waals surface area contributed by atoms with Crippen LogP contribution in [0.3, 0.4) is 0 Å². The Kier molecular flexibility index (Phi) is 10.4. The van der Waals surface area contributed by atoms with Crippen LogP contribution in [0.1, 0.15) is 37.3 Å². The molecule has 8 nitrogen and oxygen atoms in total. The van der Waals surface area contributed by atoms with E-state index in [4.69, 9.17) is 23.2 Å². The maximum absolute atomic E-state index is 14.2. The highest BCUT2D eigenvalue weighted by atomic mass is 35.5. The SMILES string of the molecule is O=C(NC1CCC(F)(F)CC1)C(c1ccccc1Cl)N(C(=O)CNS(=O)(=O)NCCCl)c1cccc(F)c1. The molecule has 2 amide bonds. The van der Waals surface area contributed by atoms with Gasteiger partial charge in [0.15, 0.2) is 0 Å². The van der Waals surface area contributed by atoms with Crippen molar-refractivity contribution in [1.29, 1.82) is 0 Å². The van der Waals surface area contributed by atoms with E-state index in [9.17, 15) is 31.2 Å². The van der Waals surface area contributed by atoms with E-state index in [1.54, 1.807) is 12.1 Å². The van der Waals surface area contributed by atoms with E-state index in [2.05, 4.69) is 14.8 Å². The first-order valence-electron chi connectivity index (χ1n) is 11.7. The van der Waals surface area contributed by atoms with Crippen molar-refractivity contribution in [2.24, 2.45) is 0 Å². The molecule has 1 atom stereocenters. The first-order chi connectivity index (χ1) is 17.9. The van der Waals surface area contributed by atoms with Crippen molar-refractivity contribution in [3.8, 4) is 0 Å². The van der Waals surface area contributed by atoms with E-state index in [1.165, 1.54) is 24.3 Å². The third-order valence-electron chi connectivity index (χ3n) is 5.92. The monoisotopic (exact) mass is 594 g/mol. The van der Waals surface area contributed by atoms with Crippen molar-refractivity contribution in [2.45, 2.75) is 43.7 Å². The number of rotatable bonds is 11. The molecule has 1 saturated carbocycles. The molecule has 1 unspecified atom stereocenters. The number of benzene rings is 2. The lowest BCUT2D eigenvalue weighted by atomic mass is 9.91. The molecular formula is C24H27Cl2F3N4O4S. The summed E-state index contributed by atoms with van der Waals surface area (Å²) in [5, 5.41) is 2.83. The fraction of sp³-hybridized carbons (Fsp3) is 0.417. The number of nitrogens with one attached hydrogen (secondary N) is 3. The Morgan fingerprint density at radius 1 is 1.08 bits per heavy atom. The molecule has 3 rings (SSSR count). The lowest BCUT2D eigenvalue weighted by molar-refractivity contribution is -0.127. The van der Waals surface area contributed by atoms with Gasteiger partial charge >= 0.3 is 0 Å². The summed E-state index contributed by atoms with van der Waals surface area (Å²) in [6, 6.07) is 8.95. The van der Waals surface area contributed by atoms with E-state index in [0.29, 0.717) is 0 Å². The first kappa shape index (κ1) is 30.2. The van der Waals surface area contributed by atoms with Gasteiger partial charge in [-0.1, -0.05) is 35.9 Å². The fourth-order valence-corrected chi connectivity index (χ4v) is 5.32. The van der Waals surface area contributed by atoms with Crippen LogP contribution in [0.25, 0.3) is 0 Å². The Labute approximate surface area is 229 Å². The molecule has 0 saturated heterocycles. The number of amides is 2. The minimum absolute atomic E-state index is 0.00781. The smallest absolute Gasteiger partial charge is 0.277 e. The van der Waals surface area contributed by atoms with Crippen molar-refractivity contribution < 1.29 is 31.2 Å². The van der Waals surface area contributed by atoms with Crippen LogP contribution in [0.2, 0.25) is 5.02 Å². The van der Waals surface area contributed by atoms with Gasteiger partial charge < -0.3 is 5.32 Å². The normalized spacial score (nSPS) is 16.6. The summed E-state index contributed by atoms with van der Waals surface area (Å²) in [6.07, 6.45) is -0.765. The van der Waals surface area contributed by atoms with E-state index >= 15 is 0 Å². The Morgan fingerprint density at radius 3 is 2.39 bits per heavy atom. The fourth-order valence-electron chi connectivity index (χ4n) is 4.09. The molecule has 208 valence electrons. The van der Waals surface area contributed by atoms with Crippen LogP contribution < -0.4 is 19.7 Å². The number of carbonyl (C=O) groups is 2. The number of alkyl halides is 3. The van der Waals surface area contributed by atoms with Gasteiger partial charge in [-0.05, 0) is 37.1 Å². The molecule has 0 bridgehead atoms. The summed E-state index contributed by atoms with van der Waals surface area (Å²) in [4.78, 5) is 28.1. The van der Waals surface area contributed by atoms with Gasteiger partial charge in [-0.25, -0.2) is 17.9 Å². The molecule has 2 aromatic rings. The zero-order chi connectivity index (χ0) is 27.9. The van der Waals surface area contributed by atoms with Crippen LogP contribution >= 0.6 is 23.2 Å². The molecule has 38 heavy (non-hydrogen) atoms. The van der Waals surface area contributed by atoms with Gasteiger partial charge in [0.1, 0.15) is 11.9 Å². The molecular weight excluding hydrogens is 568 g/mol. The molecule has 0 heterocycles. The Morgan fingerprint density at radius 2 is 1.76 bits per heavy atom. The molecule has 1 aliphatic rings. The number of nitrogens with zero attached hydrogens (tertiary/aromatic N) is 1. The summed E-state index contributed by atoms with van der Waals surface area (Å²) < 4.78 is 70.1.